The fraction of sp³-hybridized carbons (Fsp3) is 0.421. The summed E-state index contributed by atoms with van der Waals surface area (Å²) < 4.78 is 18.7. The molecule has 2 aromatic rings. The van der Waals surface area contributed by atoms with E-state index in [1.807, 2.05) is 12.1 Å². The van der Waals surface area contributed by atoms with E-state index in [1.165, 1.54) is 31.4 Å². The van der Waals surface area contributed by atoms with Crippen LogP contribution in [-0.4, -0.2) is 11.9 Å². The summed E-state index contributed by atoms with van der Waals surface area (Å²) in [5.74, 6) is 0.297. The number of carbonyl (C=O) groups excluding carboxylic acids is 1. The number of halogens is 1. The molecule has 1 aromatic heterocycles. The second kappa shape index (κ2) is 7.44. The van der Waals surface area contributed by atoms with Gasteiger partial charge in [-0.25, -0.2) is 4.39 Å². The molecule has 1 aromatic carbocycles. The molecule has 23 heavy (non-hydrogen) atoms. The van der Waals surface area contributed by atoms with Gasteiger partial charge >= 0.3 is 0 Å². The van der Waals surface area contributed by atoms with Gasteiger partial charge in [-0.2, -0.15) is 0 Å². The van der Waals surface area contributed by atoms with Gasteiger partial charge < -0.3 is 9.73 Å². The van der Waals surface area contributed by atoms with Gasteiger partial charge in [0.1, 0.15) is 11.6 Å². The van der Waals surface area contributed by atoms with Crippen LogP contribution in [0.1, 0.15) is 55.8 Å². The van der Waals surface area contributed by atoms with E-state index < -0.39 is 0 Å². The van der Waals surface area contributed by atoms with E-state index in [0.29, 0.717) is 12.5 Å². The van der Waals surface area contributed by atoms with Crippen LogP contribution in [0, 0.1) is 5.82 Å². The maximum absolute atomic E-state index is 13.2. The lowest BCUT2D eigenvalue weighted by molar-refractivity contribution is -0.122. The maximum Gasteiger partial charge on any atom is 0.221 e. The molecule has 1 amide bonds. The fourth-order valence-electron chi connectivity index (χ4n) is 3.29. The van der Waals surface area contributed by atoms with Crippen molar-refractivity contribution in [2.24, 2.45) is 0 Å². The van der Waals surface area contributed by atoms with Gasteiger partial charge in [-0.05, 0) is 42.7 Å². The lowest BCUT2D eigenvalue weighted by atomic mass is 9.91. The first-order valence-electron chi connectivity index (χ1n) is 8.30. The van der Waals surface area contributed by atoms with Gasteiger partial charge in [-0.3, -0.25) is 4.79 Å². The highest BCUT2D eigenvalue weighted by atomic mass is 19.1. The molecule has 0 aliphatic heterocycles. The van der Waals surface area contributed by atoms with Crippen LogP contribution in [0.5, 0.6) is 0 Å². The minimum atomic E-state index is -0.279. The summed E-state index contributed by atoms with van der Waals surface area (Å²) in [4.78, 5) is 12.4. The molecule has 3 rings (SSSR count). The summed E-state index contributed by atoms with van der Waals surface area (Å²) in [6.07, 6.45) is 7.67. The van der Waals surface area contributed by atoms with Gasteiger partial charge in [0, 0.05) is 12.5 Å². The predicted molar refractivity (Wildman–Crippen MR) is 86.6 cm³/mol. The molecule has 4 heteroatoms. The molecule has 1 aliphatic carbocycles. The van der Waals surface area contributed by atoms with Gasteiger partial charge in [-0.15, -0.1) is 0 Å². The third kappa shape index (κ3) is 4.21. The SMILES string of the molecule is O=C(C[C@H](c1ccc(F)cc1)c1ccco1)NC1CCCCC1. The van der Waals surface area contributed by atoms with Crippen molar-refractivity contribution < 1.29 is 13.6 Å². The van der Waals surface area contributed by atoms with Crippen molar-refractivity contribution in [3.63, 3.8) is 0 Å². The third-order valence-electron chi connectivity index (χ3n) is 4.52. The molecule has 1 atom stereocenters. The maximum atomic E-state index is 13.2. The van der Waals surface area contributed by atoms with Crippen molar-refractivity contribution in [1.82, 2.24) is 5.32 Å². The first-order chi connectivity index (χ1) is 11.2. The molecule has 1 aliphatic rings. The fourth-order valence-corrected chi connectivity index (χ4v) is 3.29. The van der Waals surface area contributed by atoms with Crippen LogP contribution in [0.15, 0.2) is 47.1 Å². The van der Waals surface area contributed by atoms with Crippen LogP contribution >= 0.6 is 0 Å². The Morgan fingerprint density at radius 2 is 1.91 bits per heavy atom. The number of nitrogens with one attached hydrogen (secondary N) is 1. The number of furan rings is 1. The van der Waals surface area contributed by atoms with Gasteiger partial charge in [0.2, 0.25) is 5.91 Å². The Kier molecular flexibility index (Phi) is 5.11. The molecular weight excluding hydrogens is 293 g/mol. The highest BCUT2D eigenvalue weighted by Gasteiger charge is 2.23. The second-order valence-electron chi connectivity index (χ2n) is 6.23. The Bertz CT molecular complexity index is 615. The van der Waals surface area contributed by atoms with E-state index >= 15 is 0 Å². The predicted octanol–water partition coefficient (Wildman–Crippen LogP) is 4.39. The average Bonchev–Trinajstić information content (AvgIpc) is 3.09. The van der Waals surface area contributed by atoms with Crippen molar-refractivity contribution in [2.45, 2.75) is 50.5 Å². The molecule has 122 valence electrons. The zero-order chi connectivity index (χ0) is 16.1. The molecule has 0 bridgehead atoms. The van der Waals surface area contributed by atoms with Crippen molar-refractivity contribution >= 4 is 5.91 Å². The van der Waals surface area contributed by atoms with E-state index in [1.54, 1.807) is 18.4 Å². The number of carbonyl (C=O) groups is 1. The lowest BCUT2D eigenvalue weighted by Gasteiger charge is -2.24. The van der Waals surface area contributed by atoms with E-state index in [2.05, 4.69) is 5.32 Å². The molecule has 1 saturated carbocycles. The van der Waals surface area contributed by atoms with Gasteiger partial charge in [-0.1, -0.05) is 31.4 Å². The number of rotatable bonds is 5. The molecule has 1 fully saturated rings. The standard InChI is InChI=1S/C19H22FNO2/c20-15-10-8-14(9-11-15)17(18-7-4-12-23-18)13-19(22)21-16-5-2-1-3-6-16/h4,7-12,16-17H,1-3,5-6,13H2,(H,21,22)/t17-/m1/s1. The highest BCUT2D eigenvalue weighted by Crippen LogP contribution is 2.29. The van der Waals surface area contributed by atoms with Crippen LogP contribution in [0.25, 0.3) is 0 Å². The lowest BCUT2D eigenvalue weighted by Crippen LogP contribution is -2.36. The van der Waals surface area contributed by atoms with Crippen LogP contribution < -0.4 is 5.32 Å². The van der Waals surface area contributed by atoms with Crippen molar-refractivity contribution in [2.75, 3.05) is 0 Å². The topological polar surface area (TPSA) is 42.2 Å². The number of amides is 1. The quantitative estimate of drug-likeness (QED) is 0.889. The number of hydrogen-bond acceptors (Lipinski definition) is 2. The van der Waals surface area contributed by atoms with Crippen LogP contribution in [-0.2, 0) is 4.79 Å². The van der Waals surface area contributed by atoms with Crippen LogP contribution in [0.2, 0.25) is 0 Å². The number of benzene rings is 1. The largest absolute Gasteiger partial charge is 0.469 e. The summed E-state index contributed by atoms with van der Waals surface area (Å²) in [7, 11) is 0. The Morgan fingerprint density at radius 3 is 2.57 bits per heavy atom. The molecule has 0 spiro atoms. The van der Waals surface area contributed by atoms with Gasteiger partial charge in [0.25, 0.3) is 0 Å². The number of hydrogen-bond donors (Lipinski definition) is 1. The van der Waals surface area contributed by atoms with Gasteiger partial charge in [0.15, 0.2) is 0 Å². The van der Waals surface area contributed by atoms with Crippen molar-refractivity contribution in [1.29, 1.82) is 0 Å². The Hall–Kier alpha value is -2.10. The minimum Gasteiger partial charge on any atom is -0.469 e. The molecule has 1 heterocycles. The van der Waals surface area contributed by atoms with Crippen molar-refractivity contribution in [3.8, 4) is 0 Å². The Labute approximate surface area is 135 Å². The van der Waals surface area contributed by atoms with E-state index in [4.69, 9.17) is 4.42 Å². The second-order valence-corrected chi connectivity index (χ2v) is 6.23. The smallest absolute Gasteiger partial charge is 0.221 e. The van der Waals surface area contributed by atoms with Crippen molar-refractivity contribution in [3.05, 3.63) is 59.8 Å². The highest BCUT2D eigenvalue weighted by molar-refractivity contribution is 5.77. The molecule has 1 N–H and O–H groups in total. The monoisotopic (exact) mass is 315 g/mol. The Balaban J connectivity index is 1.71. The first kappa shape index (κ1) is 15.8. The van der Waals surface area contributed by atoms with Crippen LogP contribution in [0.3, 0.4) is 0 Å². The summed E-state index contributed by atoms with van der Waals surface area (Å²) in [6.45, 7) is 0. The molecular formula is C19H22FNO2. The summed E-state index contributed by atoms with van der Waals surface area (Å²) >= 11 is 0. The zero-order valence-corrected chi connectivity index (χ0v) is 13.1. The van der Waals surface area contributed by atoms with E-state index in [-0.39, 0.29) is 17.6 Å². The summed E-state index contributed by atoms with van der Waals surface area (Å²) in [5.41, 5.74) is 0.889. The normalized spacial score (nSPS) is 16.9. The summed E-state index contributed by atoms with van der Waals surface area (Å²) in [6, 6.07) is 10.2. The van der Waals surface area contributed by atoms with E-state index in [0.717, 1.165) is 24.2 Å². The zero-order valence-electron chi connectivity index (χ0n) is 13.1. The summed E-state index contributed by atoms with van der Waals surface area (Å²) in [5, 5.41) is 3.14. The first-order valence-corrected chi connectivity index (χ1v) is 8.30. The van der Waals surface area contributed by atoms with E-state index in [9.17, 15) is 9.18 Å². The average molecular weight is 315 g/mol. The molecule has 0 radical (unpaired) electrons. The molecule has 3 nitrogen and oxygen atoms in total. The third-order valence-corrected chi connectivity index (χ3v) is 4.52. The van der Waals surface area contributed by atoms with Gasteiger partial charge in [0.05, 0.1) is 12.2 Å². The molecule has 0 saturated heterocycles. The minimum absolute atomic E-state index is 0.0302. The Morgan fingerprint density at radius 1 is 1.17 bits per heavy atom. The van der Waals surface area contributed by atoms with Crippen LogP contribution in [0.4, 0.5) is 4.39 Å². The molecule has 0 unspecified atom stereocenters.